The van der Waals surface area contributed by atoms with Crippen LogP contribution in [0, 0.1) is 0 Å². The Hall–Kier alpha value is -1.88. The molecule has 20 heavy (non-hydrogen) atoms. The summed E-state index contributed by atoms with van der Waals surface area (Å²) in [4.78, 5) is 12.1. The van der Waals surface area contributed by atoms with Gasteiger partial charge in [0.1, 0.15) is 0 Å². The molecule has 5 nitrogen and oxygen atoms in total. The van der Waals surface area contributed by atoms with E-state index in [4.69, 9.17) is 0 Å². The molecular formula is C15H20N4O. The molecule has 2 aromatic rings. The third-order valence-electron chi connectivity index (χ3n) is 3.87. The molecule has 1 aromatic heterocycles. The van der Waals surface area contributed by atoms with Gasteiger partial charge in [-0.05, 0) is 32.4 Å². The molecule has 2 atom stereocenters. The number of hydrogen-bond donors (Lipinski definition) is 3. The Kier molecular flexibility index (Phi) is 3.69. The molecule has 1 aromatic carbocycles. The fourth-order valence-electron chi connectivity index (χ4n) is 2.85. The van der Waals surface area contributed by atoms with Gasteiger partial charge in [0, 0.05) is 17.5 Å². The van der Waals surface area contributed by atoms with E-state index in [0.29, 0.717) is 12.5 Å². The third kappa shape index (κ3) is 2.82. The van der Waals surface area contributed by atoms with E-state index in [0.717, 1.165) is 36.0 Å². The number of hydrogen-bond acceptors (Lipinski definition) is 3. The van der Waals surface area contributed by atoms with Gasteiger partial charge in [-0.15, -0.1) is 0 Å². The highest BCUT2D eigenvalue weighted by molar-refractivity contribution is 5.87. The Bertz CT molecular complexity index is 607. The van der Waals surface area contributed by atoms with Crippen molar-refractivity contribution in [3.05, 3.63) is 30.0 Å². The Morgan fingerprint density at radius 1 is 1.45 bits per heavy atom. The van der Waals surface area contributed by atoms with E-state index in [1.54, 1.807) is 0 Å². The van der Waals surface area contributed by atoms with Crippen LogP contribution in [0.25, 0.3) is 10.9 Å². The Balaban J connectivity index is 1.64. The number of rotatable bonds is 3. The molecule has 1 fully saturated rings. The highest BCUT2D eigenvalue weighted by Crippen LogP contribution is 2.16. The van der Waals surface area contributed by atoms with Crippen molar-refractivity contribution in [2.24, 2.45) is 0 Å². The van der Waals surface area contributed by atoms with Gasteiger partial charge in [0.15, 0.2) is 0 Å². The molecule has 0 saturated carbocycles. The molecule has 0 aliphatic carbocycles. The number of carbonyl (C=O) groups excluding carboxylic acids is 1. The zero-order valence-corrected chi connectivity index (χ0v) is 11.6. The number of nitrogens with zero attached hydrogens (tertiary/aromatic N) is 1. The van der Waals surface area contributed by atoms with Crippen LogP contribution in [0.2, 0.25) is 0 Å². The average Bonchev–Trinajstić information content (AvgIpc) is 2.82. The highest BCUT2D eigenvalue weighted by atomic mass is 16.1. The van der Waals surface area contributed by atoms with Gasteiger partial charge in [-0.25, -0.2) is 0 Å². The standard InChI is InChI=1S/C15H20N4O/c1-10-8-11(6-7-16-10)17-15(20)9-14-12-4-2-3-5-13(12)18-19-14/h2-5,10-11,16H,6-9H2,1H3,(H,17,20)(H,18,19). The van der Waals surface area contributed by atoms with Gasteiger partial charge in [-0.3, -0.25) is 9.89 Å². The Morgan fingerprint density at radius 2 is 2.30 bits per heavy atom. The van der Waals surface area contributed by atoms with Gasteiger partial charge < -0.3 is 10.6 Å². The SMILES string of the molecule is CC1CC(NC(=O)Cc2[nH]nc3ccccc23)CCN1. The number of fused-ring (bicyclic) bond motifs is 1. The summed E-state index contributed by atoms with van der Waals surface area (Å²) in [7, 11) is 0. The van der Waals surface area contributed by atoms with Crippen LogP contribution in [0.4, 0.5) is 0 Å². The topological polar surface area (TPSA) is 69.8 Å². The average molecular weight is 272 g/mol. The summed E-state index contributed by atoms with van der Waals surface area (Å²) in [5.41, 5.74) is 1.80. The van der Waals surface area contributed by atoms with Crippen LogP contribution in [-0.2, 0) is 11.2 Å². The van der Waals surface area contributed by atoms with Crippen molar-refractivity contribution in [2.45, 2.75) is 38.3 Å². The van der Waals surface area contributed by atoms with E-state index in [-0.39, 0.29) is 11.9 Å². The van der Waals surface area contributed by atoms with Crippen molar-refractivity contribution in [2.75, 3.05) is 6.54 Å². The molecule has 2 unspecified atom stereocenters. The smallest absolute Gasteiger partial charge is 0.226 e. The van der Waals surface area contributed by atoms with Crippen LogP contribution < -0.4 is 10.6 Å². The van der Waals surface area contributed by atoms with Crippen molar-refractivity contribution < 1.29 is 4.79 Å². The van der Waals surface area contributed by atoms with Gasteiger partial charge in [-0.2, -0.15) is 5.10 Å². The quantitative estimate of drug-likeness (QED) is 0.790. The molecule has 5 heteroatoms. The summed E-state index contributed by atoms with van der Waals surface area (Å²) >= 11 is 0. The maximum absolute atomic E-state index is 12.1. The lowest BCUT2D eigenvalue weighted by atomic mass is 10.0. The number of aromatic amines is 1. The van der Waals surface area contributed by atoms with Crippen molar-refractivity contribution in [3.8, 4) is 0 Å². The van der Waals surface area contributed by atoms with Gasteiger partial charge in [0.2, 0.25) is 5.91 Å². The second kappa shape index (κ2) is 5.63. The largest absolute Gasteiger partial charge is 0.353 e. The zero-order chi connectivity index (χ0) is 13.9. The second-order valence-corrected chi connectivity index (χ2v) is 5.54. The molecule has 3 N–H and O–H groups in total. The molecule has 106 valence electrons. The number of para-hydroxylation sites is 1. The molecule has 0 radical (unpaired) electrons. The van der Waals surface area contributed by atoms with E-state index in [2.05, 4.69) is 27.8 Å². The van der Waals surface area contributed by atoms with E-state index >= 15 is 0 Å². The summed E-state index contributed by atoms with van der Waals surface area (Å²) in [6, 6.07) is 8.61. The van der Waals surface area contributed by atoms with E-state index in [9.17, 15) is 4.79 Å². The summed E-state index contributed by atoms with van der Waals surface area (Å²) in [5, 5.41) is 14.7. The maximum atomic E-state index is 12.1. The minimum Gasteiger partial charge on any atom is -0.353 e. The van der Waals surface area contributed by atoms with Crippen LogP contribution >= 0.6 is 0 Å². The number of H-pyrrole nitrogens is 1. The van der Waals surface area contributed by atoms with Gasteiger partial charge >= 0.3 is 0 Å². The summed E-state index contributed by atoms with van der Waals surface area (Å²) in [5.74, 6) is 0.0681. The Labute approximate surface area is 118 Å². The molecule has 0 spiro atoms. The van der Waals surface area contributed by atoms with Crippen LogP contribution in [0.1, 0.15) is 25.5 Å². The number of carbonyl (C=O) groups is 1. The number of nitrogens with one attached hydrogen (secondary N) is 3. The van der Waals surface area contributed by atoms with Gasteiger partial charge in [0.05, 0.1) is 17.6 Å². The summed E-state index contributed by atoms with van der Waals surface area (Å²) in [6.07, 6.45) is 2.36. The van der Waals surface area contributed by atoms with Crippen LogP contribution in [0.3, 0.4) is 0 Å². The molecule has 1 amide bonds. The van der Waals surface area contributed by atoms with Crippen LogP contribution in [0.15, 0.2) is 24.3 Å². The second-order valence-electron chi connectivity index (χ2n) is 5.54. The fraction of sp³-hybridized carbons (Fsp3) is 0.467. The monoisotopic (exact) mass is 272 g/mol. The third-order valence-corrected chi connectivity index (χ3v) is 3.87. The van der Waals surface area contributed by atoms with E-state index in [1.807, 2.05) is 24.3 Å². The molecule has 1 aliphatic heterocycles. The first-order chi connectivity index (χ1) is 9.72. The molecule has 1 aliphatic rings. The first-order valence-corrected chi connectivity index (χ1v) is 7.17. The summed E-state index contributed by atoms with van der Waals surface area (Å²) < 4.78 is 0. The lowest BCUT2D eigenvalue weighted by molar-refractivity contribution is -0.121. The zero-order valence-electron chi connectivity index (χ0n) is 11.6. The first-order valence-electron chi connectivity index (χ1n) is 7.17. The fourth-order valence-corrected chi connectivity index (χ4v) is 2.85. The Morgan fingerprint density at radius 3 is 3.15 bits per heavy atom. The van der Waals surface area contributed by atoms with Crippen molar-refractivity contribution in [3.63, 3.8) is 0 Å². The molecular weight excluding hydrogens is 252 g/mol. The van der Waals surface area contributed by atoms with Crippen LogP contribution in [0.5, 0.6) is 0 Å². The van der Waals surface area contributed by atoms with Crippen molar-refractivity contribution >= 4 is 16.8 Å². The summed E-state index contributed by atoms with van der Waals surface area (Å²) in [6.45, 7) is 3.12. The maximum Gasteiger partial charge on any atom is 0.226 e. The molecule has 1 saturated heterocycles. The predicted octanol–water partition coefficient (Wildman–Crippen LogP) is 1.36. The molecule has 2 heterocycles. The lowest BCUT2D eigenvalue weighted by Gasteiger charge is -2.28. The van der Waals surface area contributed by atoms with Gasteiger partial charge in [-0.1, -0.05) is 18.2 Å². The van der Waals surface area contributed by atoms with E-state index in [1.165, 1.54) is 0 Å². The van der Waals surface area contributed by atoms with Gasteiger partial charge in [0.25, 0.3) is 0 Å². The molecule has 3 rings (SSSR count). The predicted molar refractivity (Wildman–Crippen MR) is 78.4 cm³/mol. The number of aromatic nitrogens is 2. The lowest BCUT2D eigenvalue weighted by Crippen LogP contribution is -2.47. The number of benzene rings is 1. The van der Waals surface area contributed by atoms with Crippen molar-refractivity contribution in [1.29, 1.82) is 0 Å². The highest BCUT2D eigenvalue weighted by Gasteiger charge is 2.20. The number of amides is 1. The minimum absolute atomic E-state index is 0.0681. The van der Waals surface area contributed by atoms with Crippen molar-refractivity contribution in [1.82, 2.24) is 20.8 Å². The first kappa shape index (κ1) is 13.1. The molecule has 0 bridgehead atoms. The normalized spacial score (nSPS) is 22.9. The van der Waals surface area contributed by atoms with Crippen LogP contribution in [-0.4, -0.2) is 34.7 Å². The number of piperidine rings is 1. The minimum atomic E-state index is 0.0681. The van der Waals surface area contributed by atoms with E-state index < -0.39 is 0 Å².